The molecule has 44 heteroatoms. The second-order valence-electron chi connectivity index (χ2n) is 33.9. The maximum absolute atomic E-state index is 15.9. The normalized spacial score (nSPS) is 25.1. The zero-order valence-electron chi connectivity index (χ0n) is 75.5. The van der Waals surface area contributed by atoms with Gasteiger partial charge in [-0.15, -0.1) is 11.8 Å². The molecule has 3 aliphatic heterocycles. The fraction of sp³-hybridized carbons (Fsp3) is 0.545. The van der Waals surface area contributed by atoms with Crippen LogP contribution < -0.4 is 81.8 Å². The lowest BCUT2D eigenvalue weighted by Crippen LogP contribution is -2.62. The summed E-state index contributed by atoms with van der Waals surface area (Å²) in [7, 11) is 3.84. The number of carbonyl (C=O) groups excluding carboxylic acids is 17. The predicted octanol–water partition coefficient (Wildman–Crippen LogP) is -4.33. The number of carbonyl (C=O) groups is 18. The molecule has 2 aromatic heterocycles. The van der Waals surface area contributed by atoms with Gasteiger partial charge in [0.05, 0.1) is 24.8 Å². The number of hydrogen-bond acceptors (Lipinski definition) is 24. The van der Waals surface area contributed by atoms with Gasteiger partial charge in [0.2, 0.25) is 100 Å². The summed E-state index contributed by atoms with van der Waals surface area (Å²) < 4.78 is 1.43. The SMILES string of the molecule is CCCC[C@H]1C(=O)N(C)[C@@H](CCCC)C(=O)N[C@@H](CN)C(=O)N[C@H](C(=O)NCC(N)=O)CSCC(=O)N[C@@H](Cc2ccc(O)cc2)C(=O)N(C)[C@@H](C)C(=O)N[C@@H](CC(N)=O)C(=O)N2CCC[C@H]2C(=O)N[C@@H](CN)C(=O)N[C@@H](CC(C)C)C(=O)N2C[C@H](O)C[C@H]2C(=O)N[C@@H](Cc2c[nH]c3ccccc23)C(=O)N[C@@H](CCN)C(=O)N[C@@H](Cc2cn(CC(=O)O)c3ccccc23)C(=O)N1C. The molecule has 5 aromatic rings. The van der Waals surface area contributed by atoms with Gasteiger partial charge in [0, 0.05) is 113 Å². The van der Waals surface area contributed by atoms with Gasteiger partial charge in [-0.3, -0.25) is 86.3 Å². The molecule has 3 aliphatic rings. The smallest absolute Gasteiger partial charge is 0.323 e. The molecule has 0 spiro atoms. The van der Waals surface area contributed by atoms with Crippen LogP contribution in [-0.2, 0) is 112 Å². The third-order valence-corrected chi connectivity index (χ3v) is 24.6. The third-order valence-electron chi connectivity index (χ3n) is 23.6. The standard InChI is InChI=1S/C88H126N22O21S/c1-9-11-21-67-81(124)102-64(39-91)80(123)104-65(76(119)95-41-72(93)114)45-132-46-73(115)96-60(33-49-25-27-52(111)28-26-49)84(127)105(6)48(5)75(118)99-62(37-71(92)113)86(129)109-31-17-24-68(109)82(125)103-63(38-90)79(122)100-59(32-47(3)4)87(130)110-43-53(112)36-70(110)83(126)98-58(34-50-40-94-56-20-15-13-18-54(50)56)78(121)97-57(29-30-89)77(120)101-61(85(128)107(8)69(22-12-10-2)88(131)106(67)7)35-51-42-108(44-74(116)117)66-23-16-14-19-55(51)66/h13-16,18-20,23,25-28,40,42,47-48,53,57-65,67-70,94,111-112H,9-12,17,21-22,24,29-39,41,43-46,89-91H2,1-8H3,(H2,92,113)(H2,93,114)(H,95,119)(H,96,115)(H,97,121)(H,98,126)(H,99,118)(H,100,122)(H,101,120)(H,102,124)(H,103,125)(H,104,123)(H,116,117)/t48-,53+,57-,58-,59-,60-,61-,62-,63-,64-,65-,67-,68-,69-,70-/m0/s1. The molecule has 0 radical (unpaired) electrons. The van der Waals surface area contributed by atoms with E-state index in [4.69, 9.17) is 28.7 Å². The summed E-state index contributed by atoms with van der Waals surface area (Å²) in [4.78, 5) is 269. The summed E-state index contributed by atoms with van der Waals surface area (Å²) in [5, 5.41) is 58.8. The van der Waals surface area contributed by atoms with E-state index in [1.54, 1.807) is 68.6 Å². The van der Waals surface area contributed by atoms with E-state index in [0.29, 0.717) is 64.2 Å². The second kappa shape index (κ2) is 49.4. The molecule has 3 fully saturated rings. The quantitative estimate of drug-likeness (QED) is 0.0263. The Hall–Kier alpha value is -12.8. The van der Waals surface area contributed by atoms with Crippen molar-refractivity contribution in [2.45, 2.75) is 228 Å². The topological polar surface area (TPSA) is 655 Å². The molecule has 0 saturated carbocycles. The van der Waals surface area contributed by atoms with Gasteiger partial charge in [0.25, 0.3) is 0 Å². The van der Waals surface area contributed by atoms with Crippen LogP contribution in [0, 0.1) is 5.92 Å². The Morgan fingerprint density at radius 1 is 0.553 bits per heavy atom. The van der Waals surface area contributed by atoms with Gasteiger partial charge in [0.15, 0.2) is 0 Å². The van der Waals surface area contributed by atoms with E-state index in [-0.39, 0.29) is 82.5 Å². The number of fused-ring (bicyclic) bond motifs is 4. The first-order valence-corrected chi connectivity index (χ1v) is 45.3. The van der Waals surface area contributed by atoms with E-state index in [9.17, 15) is 72.9 Å². The monoisotopic (exact) mass is 1860 g/mol. The number of nitrogens with zero attached hydrogens (tertiary/aromatic N) is 6. The molecule has 0 aliphatic carbocycles. The minimum absolute atomic E-state index is 0.0203. The van der Waals surface area contributed by atoms with E-state index >= 15 is 28.8 Å². The van der Waals surface area contributed by atoms with E-state index in [0.717, 1.165) is 36.3 Å². The molecule has 0 bridgehead atoms. The van der Waals surface area contributed by atoms with Crippen molar-refractivity contribution in [3.63, 3.8) is 0 Å². The lowest BCUT2D eigenvalue weighted by molar-refractivity contribution is -0.149. The van der Waals surface area contributed by atoms with Crippen molar-refractivity contribution in [3.05, 3.63) is 102 Å². The first-order valence-electron chi connectivity index (χ1n) is 44.2. The van der Waals surface area contributed by atoms with Crippen molar-refractivity contribution in [2.24, 2.45) is 34.6 Å². The van der Waals surface area contributed by atoms with Crippen LogP contribution in [0.5, 0.6) is 5.75 Å². The third kappa shape index (κ3) is 28.4. The van der Waals surface area contributed by atoms with E-state index in [1.165, 1.54) is 63.1 Å². The van der Waals surface area contributed by atoms with Crippen LogP contribution >= 0.6 is 11.8 Å². The molecule has 17 amide bonds. The molecule has 132 heavy (non-hydrogen) atoms. The number of hydrogen-bond donors (Lipinski definition) is 19. The molecule has 5 heterocycles. The number of para-hydroxylation sites is 2. The highest BCUT2D eigenvalue weighted by Gasteiger charge is 2.47. The molecular formula is C88H126N22O21S. The summed E-state index contributed by atoms with van der Waals surface area (Å²) in [5.74, 6) is -19.0. The second-order valence-corrected chi connectivity index (χ2v) is 34.9. The number of thioether (sulfide) groups is 1. The summed E-state index contributed by atoms with van der Waals surface area (Å²) in [6.07, 6.45) is 0.820. The van der Waals surface area contributed by atoms with Crippen molar-refractivity contribution in [1.29, 1.82) is 0 Å². The van der Waals surface area contributed by atoms with Crippen LogP contribution in [0.2, 0.25) is 0 Å². The van der Waals surface area contributed by atoms with Crippen molar-refractivity contribution in [1.82, 2.24) is 87.2 Å². The van der Waals surface area contributed by atoms with Crippen LogP contribution in [0.15, 0.2) is 85.2 Å². The summed E-state index contributed by atoms with van der Waals surface area (Å²) >= 11 is 0.747. The highest BCUT2D eigenvalue weighted by Crippen LogP contribution is 2.29. The van der Waals surface area contributed by atoms with Crippen LogP contribution in [0.1, 0.15) is 128 Å². The number of nitrogens with one attached hydrogen (secondary N) is 11. The number of phenolic OH excluding ortho intramolecular Hbond substituents is 1. The lowest BCUT2D eigenvalue weighted by Gasteiger charge is -2.36. The van der Waals surface area contributed by atoms with Gasteiger partial charge in [-0.2, -0.15) is 0 Å². The lowest BCUT2D eigenvalue weighted by atomic mass is 9.99. The molecule has 43 nitrogen and oxygen atoms in total. The number of aromatic amines is 1. The number of aliphatic hydroxyl groups is 1. The molecule has 720 valence electrons. The van der Waals surface area contributed by atoms with Gasteiger partial charge < -0.3 is 131 Å². The van der Waals surface area contributed by atoms with Gasteiger partial charge >= 0.3 is 5.97 Å². The number of primary amides is 2. The maximum Gasteiger partial charge on any atom is 0.323 e. The molecule has 3 saturated heterocycles. The Bertz CT molecular complexity index is 4990. The Morgan fingerprint density at radius 3 is 1.73 bits per heavy atom. The highest BCUT2D eigenvalue weighted by molar-refractivity contribution is 8.00. The number of aromatic hydroxyl groups is 1. The summed E-state index contributed by atoms with van der Waals surface area (Å²) in [6.45, 7) is 5.03. The summed E-state index contributed by atoms with van der Waals surface area (Å²) in [6, 6.07) is -2.62. The van der Waals surface area contributed by atoms with Crippen molar-refractivity contribution in [3.8, 4) is 5.75 Å². The number of aromatic nitrogens is 2. The Morgan fingerprint density at radius 2 is 1.10 bits per heavy atom. The van der Waals surface area contributed by atoms with E-state index < -0.39 is 254 Å². The maximum atomic E-state index is 15.9. The Labute approximate surface area is 767 Å². The van der Waals surface area contributed by atoms with Gasteiger partial charge in [-0.05, 0) is 98.9 Å². The number of amides is 17. The number of nitrogens with two attached hydrogens (primary N) is 5. The number of H-pyrrole nitrogens is 1. The predicted molar refractivity (Wildman–Crippen MR) is 484 cm³/mol. The highest BCUT2D eigenvalue weighted by atomic mass is 32.2. The van der Waals surface area contributed by atoms with Crippen LogP contribution in [-0.4, -0.2) is 318 Å². The summed E-state index contributed by atoms with van der Waals surface area (Å²) in [5.41, 5.74) is 32.0. The molecule has 24 N–H and O–H groups in total. The number of benzene rings is 3. The Balaban J connectivity index is 1.19. The number of unbranched alkanes of at least 4 members (excludes halogenated alkanes) is 2. The molecule has 15 atom stereocenters. The average molecular weight is 1860 g/mol. The van der Waals surface area contributed by atoms with Crippen LogP contribution in [0.25, 0.3) is 21.8 Å². The van der Waals surface area contributed by atoms with Gasteiger partial charge in [0.1, 0.15) is 96.9 Å². The van der Waals surface area contributed by atoms with Crippen LogP contribution in [0.3, 0.4) is 0 Å². The number of phenols is 1. The van der Waals surface area contributed by atoms with E-state index in [2.05, 4.69) is 58.2 Å². The first-order chi connectivity index (χ1) is 62.7. The fourth-order valence-corrected chi connectivity index (χ4v) is 17.2. The number of carboxylic acid groups (broad SMARTS) is 1. The van der Waals surface area contributed by atoms with Crippen LogP contribution in [0.4, 0.5) is 0 Å². The number of rotatable bonds is 25. The number of likely N-dealkylation sites (N-methyl/N-ethyl adjacent to an activating group) is 3. The van der Waals surface area contributed by atoms with Crippen molar-refractivity contribution < 1.29 is 102 Å². The average Bonchev–Trinajstić information content (AvgIpc) is 1.44. The van der Waals surface area contributed by atoms with Crippen molar-refractivity contribution >= 4 is 140 Å². The van der Waals surface area contributed by atoms with Crippen molar-refractivity contribution in [2.75, 3.05) is 71.9 Å². The molecule has 8 rings (SSSR count). The molecular weight excluding hydrogens is 1730 g/mol. The van der Waals surface area contributed by atoms with Gasteiger partial charge in [-0.25, -0.2) is 0 Å². The minimum atomic E-state index is -1.77. The number of aliphatic hydroxyl groups excluding tert-OH is 1. The fourth-order valence-electron chi connectivity index (χ4n) is 16.3. The Kier molecular flexibility index (Phi) is 39.2. The zero-order valence-corrected chi connectivity index (χ0v) is 76.3. The number of aliphatic carboxylic acids is 1. The molecule has 3 aromatic carbocycles. The van der Waals surface area contributed by atoms with Gasteiger partial charge in [-0.1, -0.05) is 102 Å². The minimum Gasteiger partial charge on any atom is -0.508 e. The largest absolute Gasteiger partial charge is 0.508 e. The number of carboxylic acids is 1. The molecule has 0 unspecified atom stereocenters. The zero-order chi connectivity index (χ0) is 97.1. The van der Waals surface area contributed by atoms with E-state index in [1.807, 2.05) is 13.8 Å². The first kappa shape index (κ1) is 105.